The van der Waals surface area contributed by atoms with Gasteiger partial charge < -0.3 is 10.6 Å². The van der Waals surface area contributed by atoms with E-state index < -0.39 is 10.0 Å². The smallest absolute Gasteiger partial charge is 0.232 e. The van der Waals surface area contributed by atoms with Crippen LogP contribution >= 0.6 is 0 Å². The summed E-state index contributed by atoms with van der Waals surface area (Å²) < 4.78 is 25.6. The molecule has 2 aromatic carbocycles. The molecule has 0 atom stereocenters. The maximum absolute atomic E-state index is 12.1. The van der Waals surface area contributed by atoms with Crippen molar-refractivity contribution in [3.8, 4) is 0 Å². The SMILES string of the molecule is CN(CCCN(c1ccc(N)cc1)S(C)(=O)=O)Cc1ccccc1. The minimum Gasteiger partial charge on any atom is -0.399 e. The van der Waals surface area contributed by atoms with E-state index in [0.29, 0.717) is 17.9 Å². The quantitative estimate of drug-likeness (QED) is 0.745. The third-order valence-corrected chi connectivity index (χ3v) is 4.97. The molecule has 0 fully saturated rings. The summed E-state index contributed by atoms with van der Waals surface area (Å²) in [6.07, 6.45) is 1.98. The summed E-state index contributed by atoms with van der Waals surface area (Å²) in [6, 6.07) is 17.1. The standard InChI is InChI=1S/C18H25N3O2S/c1-20(15-16-7-4-3-5-8-16)13-6-14-21(24(2,22)23)18-11-9-17(19)10-12-18/h3-5,7-12H,6,13-15,19H2,1-2H3. The Bertz CT molecular complexity index is 731. The highest BCUT2D eigenvalue weighted by molar-refractivity contribution is 7.92. The number of nitrogens with zero attached hydrogens (tertiary/aromatic N) is 2. The lowest BCUT2D eigenvalue weighted by atomic mass is 10.2. The molecule has 0 spiro atoms. The van der Waals surface area contributed by atoms with Gasteiger partial charge in [0.1, 0.15) is 0 Å². The van der Waals surface area contributed by atoms with Gasteiger partial charge in [0.2, 0.25) is 10.0 Å². The minimum absolute atomic E-state index is 0.446. The Kier molecular flexibility index (Phi) is 6.23. The van der Waals surface area contributed by atoms with Crippen molar-refractivity contribution in [3.63, 3.8) is 0 Å². The molecule has 0 saturated carbocycles. The molecule has 130 valence electrons. The summed E-state index contributed by atoms with van der Waals surface area (Å²) >= 11 is 0. The Hall–Kier alpha value is -2.05. The predicted molar refractivity (Wildman–Crippen MR) is 100 cm³/mol. The van der Waals surface area contributed by atoms with Crippen molar-refractivity contribution in [1.29, 1.82) is 0 Å². The van der Waals surface area contributed by atoms with Crippen LogP contribution in [0.4, 0.5) is 11.4 Å². The molecule has 2 rings (SSSR count). The van der Waals surface area contributed by atoms with E-state index in [2.05, 4.69) is 17.0 Å². The Morgan fingerprint density at radius 1 is 0.958 bits per heavy atom. The number of sulfonamides is 1. The van der Waals surface area contributed by atoms with Crippen LogP contribution in [0.1, 0.15) is 12.0 Å². The zero-order chi connectivity index (χ0) is 17.6. The summed E-state index contributed by atoms with van der Waals surface area (Å²) in [6.45, 7) is 2.11. The molecule has 0 aliphatic rings. The van der Waals surface area contributed by atoms with Crippen LogP contribution in [0.2, 0.25) is 0 Å². The average molecular weight is 347 g/mol. The number of benzene rings is 2. The van der Waals surface area contributed by atoms with Crippen LogP contribution in [-0.2, 0) is 16.6 Å². The van der Waals surface area contributed by atoms with E-state index >= 15 is 0 Å². The summed E-state index contributed by atoms with van der Waals surface area (Å²) in [4.78, 5) is 2.19. The van der Waals surface area contributed by atoms with Gasteiger partial charge in [0.15, 0.2) is 0 Å². The van der Waals surface area contributed by atoms with Gasteiger partial charge in [-0.15, -0.1) is 0 Å². The largest absolute Gasteiger partial charge is 0.399 e. The Labute approximate surface area is 144 Å². The number of nitrogens with two attached hydrogens (primary N) is 1. The van der Waals surface area contributed by atoms with Crippen molar-refractivity contribution >= 4 is 21.4 Å². The van der Waals surface area contributed by atoms with Gasteiger partial charge in [0.25, 0.3) is 0 Å². The molecule has 0 bridgehead atoms. The van der Waals surface area contributed by atoms with Crippen molar-refractivity contribution in [2.24, 2.45) is 0 Å². The van der Waals surface area contributed by atoms with Gasteiger partial charge in [-0.3, -0.25) is 4.31 Å². The molecule has 0 saturated heterocycles. The molecule has 0 unspecified atom stereocenters. The van der Waals surface area contributed by atoms with Crippen LogP contribution in [-0.4, -0.2) is 39.7 Å². The van der Waals surface area contributed by atoms with Crippen LogP contribution in [0.15, 0.2) is 54.6 Å². The van der Waals surface area contributed by atoms with Gasteiger partial charge in [-0.1, -0.05) is 30.3 Å². The fourth-order valence-electron chi connectivity index (χ4n) is 2.59. The summed E-state index contributed by atoms with van der Waals surface area (Å²) in [5, 5.41) is 0. The zero-order valence-corrected chi connectivity index (χ0v) is 15.0. The average Bonchev–Trinajstić information content (AvgIpc) is 2.52. The van der Waals surface area contributed by atoms with E-state index in [4.69, 9.17) is 5.73 Å². The Balaban J connectivity index is 1.92. The van der Waals surface area contributed by atoms with Crippen LogP contribution in [0.25, 0.3) is 0 Å². The van der Waals surface area contributed by atoms with E-state index in [-0.39, 0.29) is 0 Å². The van der Waals surface area contributed by atoms with Gasteiger partial charge >= 0.3 is 0 Å². The highest BCUT2D eigenvalue weighted by Gasteiger charge is 2.17. The third-order valence-electron chi connectivity index (χ3n) is 3.78. The fourth-order valence-corrected chi connectivity index (χ4v) is 3.55. The molecule has 5 nitrogen and oxygen atoms in total. The van der Waals surface area contributed by atoms with E-state index in [0.717, 1.165) is 19.5 Å². The molecule has 0 aliphatic heterocycles. The summed E-state index contributed by atoms with van der Waals surface area (Å²) in [7, 11) is -1.27. The first-order chi connectivity index (χ1) is 11.4. The first kappa shape index (κ1) is 18.3. The molecule has 0 radical (unpaired) electrons. The highest BCUT2D eigenvalue weighted by atomic mass is 32.2. The molecule has 0 aromatic heterocycles. The normalized spacial score (nSPS) is 11.6. The second-order valence-corrected chi connectivity index (χ2v) is 7.91. The second-order valence-electron chi connectivity index (χ2n) is 6.00. The minimum atomic E-state index is -3.31. The molecule has 24 heavy (non-hydrogen) atoms. The predicted octanol–water partition coefficient (Wildman–Crippen LogP) is 2.56. The lowest BCUT2D eigenvalue weighted by Crippen LogP contribution is -2.33. The van der Waals surface area contributed by atoms with Gasteiger partial charge in [0.05, 0.1) is 11.9 Å². The van der Waals surface area contributed by atoms with E-state index in [1.807, 2.05) is 25.2 Å². The first-order valence-corrected chi connectivity index (χ1v) is 9.77. The lowest BCUT2D eigenvalue weighted by Gasteiger charge is -2.24. The maximum atomic E-state index is 12.1. The third kappa shape index (κ3) is 5.54. The summed E-state index contributed by atoms with van der Waals surface area (Å²) in [5.41, 5.74) is 8.19. The first-order valence-electron chi connectivity index (χ1n) is 7.92. The molecule has 2 N–H and O–H groups in total. The van der Waals surface area contributed by atoms with Gasteiger partial charge in [0, 0.05) is 18.8 Å². The molecule has 0 aliphatic carbocycles. The van der Waals surface area contributed by atoms with Crippen molar-refractivity contribution in [1.82, 2.24) is 4.90 Å². The molecular weight excluding hydrogens is 322 g/mol. The second kappa shape index (κ2) is 8.17. The topological polar surface area (TPSA) is 66.6 Å². The number of hydrogen-bond acceptors (Lipinski definition) is 4. The Morgan fingerprint density at radius 2 is 1.58 bits per heavy atom. The maximum Gasteiger partial charge on any atom is 0.232 e. The highest BCUT2D eigenvalue weighted by Crippen LogP contribution is 2.19. The van der Waals surface area contributed by atoms with Gasteiger partial charge in [-0.2, -0.15) is 0 Å². The zero-order valence-electron chi connectivity index (χ0n) is 14.2. The van der Waals surface area contributed by atoms with Gasteiger partial charge in [-0.25, -0.2) is 8.42 Å². The fraction of sp³-hybridized carbons (Fsp3) is 0.333. The number of anilines is 2. The van der Waals surface area contributed by atoms with E-state index in [9.17, 15) is 8.42 Å². The van der Waals surface area contributed by atoms with Gasteiger partial charge in [-0.05, 0) is 49.8 Å². The molecule has 0 heterocycles. The van der Waals surface area contributed by atoms with Crippen LogP contribution in [0.5, 0.6) is 0 Å². The van der Waals surface area contributed by atoms with Crippen LogP contribution in [0.3, 0.4) is 0 Å². The van der Waals surface area contributed by atoms with E-state index in [1.54, 1.807) is 24.3 Å². The van der Waals surface area contributed by atoms with Crippen molar-refractivity contribution in [2.75, 3.05) is 36.4 Å². The molecular formula is C18H25N3O2S. The summed E-state index contributed by atoms with van der Waals surface area (Å²) in [5.74, 6) is 0. The number of rotatable bonds is 8. The molecule has 2 aromatic rings. The molecule has 6 heteroatoms. The number of nitrogen functional groups attached to an aromatic ring is 1. The Morgan fingerprint density at radius 3 is 2.17 bits per heavy atom. The monoisotopic (exact) mass is 347 g/mol. The molecule has 0 amide bonds. The van der Waals surface area contributed by atoms with Crippen molar-refractivity contribution in [2.45, 2.75) is 13.0 Å². The number of hydrogen-bond donors (Lipinski definition) is 1. The van der Waals surface area contributed by atoms with Crippen LogP contribution in [0, 0.1) is 0 Å². The van der Waals surface area contributed by atoms with Crippen molar-refractivity contribution in [3.05, 3.63) is 60.2 Å². The van der Waals surface area contributed by atoms with Crippen LogP contribution < -0.4 is 10.0 Å². The lowest BCUT2D eigenvalue weighted by molar-refractivity contribution is 0.324. The van der Waals surface area contributed by atoms with E-state index in [1.165, 1.54) is 16.1 Å². The van der Waals surface area contributed by atoms with Crippen molar-refractivity contribution < 1.29 is 8.42 Å².